The van der Waals surface area contributed by atoms with Crippen LogP contribution in [-0.2, 0) is 9.59 Å². The molecule has 5 aromatic rings. The highest BCUT2D eigenvalue weighted by molar-refractivity contribution is 8.00. The van der Waals surface area contributed by atoms with Crippen molar-refractivity contribution in [3.05, 3.63) is 130 Å². The van der Waals surface area contributed by atoms with Gasteiger partial charge in [-0.15, -0.1) is 23.1 Å². The lowest BCUT2D eigenvalue weighted by Gasteiger charge is -2.13. The number of thioether (sulfide) groups is 1. The Kier molecular flexibility index (Phi) is 11.2. The van der Waals surface area contributed by atoms with Crippen molar-refractivity contribution in [1.29, 1.82) is 0 Å². The molecule has 3 N–H and O–H groups in total. The van der Waals surface area contributed by atoms with Gasteiger partial charge in [-0.2, -0.15) is 0 Å². The Balaban J connectivity index is 1.26. The molecule has 3 amide bonds. The number of nitrogens with zero attached hydrogens (tertiary/aromatic N) is 1. The highest BCUT2D eigenvalue weighted by Gasteiger charge is 2.17. The molecule has 5 rings (SSSR count). The molecule has 0 atom stereocenters. The number of carbonyl (C=O) groups excluding carboxylic acids is 3. The van der Waals surface area contributed by atoms with Crippen molar-refractivity contribution >= 4 is 57.7 Å². The number of aryl methyl sites for hydroxylation is 2. The number of para-hydroxylation sites is 1. The normalized spacial score (nSPS) is 11.1. The first-order valence-corrected chi connectivity index (χ1v) is 16.8. The second-order valence-corrected chi connectivity index (χ2v) is 12.7. The number of amides is 3. The van der Waals surface area contributed by atoms with E-state index in [1.807, 2.05) is 75.4 Å². The molecule has 10 heteroatoms. The molecule has 0 bridgehead atoms. The van der Waals surface area contributed by atoms with Crippen LogP contribution in [0, 0.1) is 13.8 Å². The Morgan fingerprint density at radius 2 is 1.62 bits per heavy atom. The Labute approximate surface area is 282 Å². The van der Waals surface area contributed by atoms with Crippen LogP contribution in [0.2, 0.25) is 0 Å². The Bertz CT molecular complexity index is 1900. The highest BCUT2D eigenvalue weighted by Crippen LogP contribution is 2.31. The van der Waals surface area contributed by atoms with Crippen LogP contribution in [0.4, 0.5) is 10.8 Å². The fraction of sp³-hybridized carbons (Fsp3) is 0.135. The average molecular weight is 663 g/mol. The molecule has 238 valence electrons. The average Bonchev–Trinajstić information content (AvgIpc) is 3.44. The first-order chi connectivity index (χ1) is 22.8. The minimum atomic E-state index is -0.510. The highest BCUT2D eigenvalue weighted by atomic mass is 32.2. The third-order valence-corrected chi connectivity index (χ3v) is 8.76. The molecule has 47 heavy (non-hydrogen) atoms. The molecule has 0 fully saturated rings. The van der Waals surface area contributed by atoms with Crippen molar-refractivity contribution in [3.63, 3.8) is 0 Å². The van der Waals surface area contributed by atoms with Crippen molar-refractivity contribution in [2.45, 2.75) is 25.7 Å². The minimum absolute atomic E-state index is 0.0483. The molecule has 0 aliphatic heterocycles. The third-order valence-electron chi connectivity index (χ3n) is 6.88. The largest absolute Gasteiger partial charge is 0.493 e. The van der Waals surface area contributed by atoms with Crippen LogP contribution in [0.3, 0.4) is 0 Å². The molecule has 0 saturated carbocycles. The number of nitrogens with one attached hydrogen (secondary N) is 3. The summed E-state index contributed by atoms with van der Waals surface area (Å²) >= 11 is 2.78. The van der Waals surface area contributed by atoms with Crippen molar-refractivity contribution in [3.8, 4) is 17.0 Å². The SMILES string of the molecule is CCOc1ccccc1/C=C(/NC(=O)c1ccccc1)C(=O)Nc1cccc(SCC(=O)Nc2nc(-c3ccc(C)cc3)c(C)s2)c1. The maximum absolute atomic E-state index is 13.6. The van der Waals surface area contributed by atoms with Gasteiger partial charge in [0.1, 0.15) is 11.4 Å². The van der Waals surface area contributed by atoms with E-state index in [2.05, 4.69) is 20.9 Å². The molecule has 4 aromatic carbocycles. The molecule has 0 saturated heterocycles. The zero-order valence-electron chi connectivity index (χ0n) is 26.2. The van der Waals surface area contributed by atoms with Gasteiger partial charge in [0.25, 0.3) is 11.8 Å². The van der Waals surface area contributed by atoms with Gasteiger partial charge in [-0.3, -0.25) is 14.4 Å². The molecular weight excluding hydrogens is 629 g/mol. The summed E-state index contributed by atoms with van der Waals surface area (Å²) in [4.78, 5) is 45.9. The number of benzene rings is 4. The van der Waals surface area contributed by atoms with Crippen LogP contribution in [0.1, 0.15) is 33.3 Å². The quantitative estimate of drug-likeness (QED) is 0.0924. The van der Waals surface area contributed by atoms with Gasteiger partial charge in [-0.05, 0) is 63.2 Å². The standard InChI is InChI=1S/C37H34N4O4S2/c1-4-45-32-16-9-8-13-28(32)21-31(39-35(43)27-11-6-5-7-12-27)36(44)38-29-14-10-15-30(22-29)46-23-33(42)40-37-41-34(25(3)47-37)26-19-17-24(2)18-20-26/h5-22H,4,23H2,1-3H3,(H,38,44)(H,39,43)(H,40,41,42)/b31-21+. The summed E-state index contributed by atoms with van der Waals surface area (Å²) < 4.78 is 5.73. The Morgan fingerprint density at radius 3 is 2.38 bits per heavy atom. The second-order valence-electron chi connectivity index (χ2n) is 10.5. The number of thiazole rings is 1. The predicted octanol–water partition coefficient (Wildman–Crippen LogP) is 7.97. The number of aromatic nitrogens is 1. The van der Waals surface area contributed by atoms with Gasteiger partial charge in [0, 0.05) is 32.2 Å². The summed E-state index contributed by atoms with van der Waals surface area (Å²) in [6.45, 7) is 6.35. The maximum Gasteiger partial charge on any atom is 0.272 e. The van der Waals surface area contributed by atoms with E-state index in [4.69, 9.17) is 4.74 Å². The van der Waals surface area contributed by atoms with Crippen LogP contribution < -0.4 is 20.7 Å². The second kappa shape index (κ2) is 15.9. The lowest BCUT2D eigenvalue weighted by molar-refractivity contribution is -0.114. The summed E-state index contributed by atoms with van der Waals surface area (Å²) in [5.41, 5.74) is 4.66. The zero-order chi connectivity index (χ0) is 33.2. The summed E-state index contributed by atoms with van der Waals surface area (Å²) in [7, 11) is 0. The van der Waals surface area contributed by atoms with Crippen molar-refractivity contribution in [2.24, 2.45) is 0 Å². The van der Waals surface area contributed by atoms with Crippen molar-refractivity contribution in [1.82, 2.24) is 10.3 Å². The lowest BCUT2D eigenvalue weighted by Crippen LogP contribution is -2.30. The first kappa shape index (κ1) is 33.2. The van der Waals surface area contributed by atoms with Crippen molar-refractivity contribution in [2.75, 3.05) is 23.0 Å². The molecule has 0 aliphatic carbocycles. The summed E-state index contributed by atoms with van der Waals surface area (Å²) in [6.07, 6.45) is 1.59. The molecular formula is C37H34N4O4S2. The van der Waals surface area contributed by atoms with Gasteiger partial charge in [0.15, 0.2) is 5.13 Å². The van der Waals surface area contributed by atoms with Crippen LogP contribution >= 0.6 is 23.1 Å². The zero-order valence-corrected chi connectivity index (χ0v) is 27.8. The van der Waals surface area contributed by atoms with Gasteiger partial charge in [-0.25, -0.2) is 4.98 Å². The molecule has 8 nitrogen and oxygen atoms in total. The van der Waals surface area contributed by atoms with E-state index < -0.39 is 11.8 Å². The molecule has 0 radical (unpaired) electrons. The number of ether oxygens (including phenoxy) is 1. The van der Waals surface area contributed by atoms with E-state index in [1.54, 1.807) is 54.6 Å². The van der Waals surface area contributed by atoms with Gasteiger partial charge >= 0.3 is 0 Å². The summed E-state index contributed by atoms with van der Waals surface area (Å²) in [5.74, 6) is -0.371. The topological polar surface area (TPSA) is 109 Å². The number of anilines is 2. The minimum Gasteiger partial charge on any atom is -0.493 e. The first-order valence-electron chi connectivity index (χ1n) is 15.0. The molecule has 1 aromatic heterocycles. The van der Waals surface area contributed by atoms with Crippen LogP contribution in [0.25, 0.3) is 17.3 Å². The van der Waals surface area contributed by atoms with Gasteiger partial charge in [-0.1, -0.05) is 72.3 Å². The monoisotopic (exact) mass is 662 g/mol. The van der Waals surface area contributed by atoms with E-state index in [0.29, 0.717) is 34.3 Å². The van der Waals surface area contributed by atoms with Crippen LogP contribution in [0.5, 0.6) is 5.75 Å². The van der Waals surface area contributed by atoms with Gasteiger partial charge in [0.2, 0.25) is 5.91 Å². The maximum atomic E-state index is 13.6. The fourth-order valence-electron chi connectivity index (χ4n) is 4.58. The lowest BCUT2D eigenvalue weighted by atomic mass is 10.1. The third kappa shape index (κ3) is 9.18. The number of hydrogen-bond acceptors (Lipinski definition) is 7. The van der Waals surface area contributed by atoms with Gasteiger partial charge < -0.3 is 20.7 Å². The summed E-state index contributed by atoms with van der Waals surface area (Å²) in [5, 5.41) is 9.09. The van der Waals surface area contributed by atoms with E-state index in [-0.39, 0.29) is 17.4 Å². The number of carbonyl (C=O) groups is 3. The molecule has 0 spiro atoms. The van der Waals surface area contributed by atoms with Gasteiger partial charge in [0.05, 0.1) is 18.1 Å². The molecule has 0 aliphatic rings. The van der Waals surface area contributed by atoms with Crippen LogP contribution in [-0.4, -0.2) is 35.1 Å². The fourth-order valence-corrected chi connectivity index (χ4v) is 6.19. The smallest absolute Gasteiger partial charge is 0.272 e. The Morgan fingerprint density at radius 1 is 0.872 bits per heavy atom. The van der Waals surface area contributed by atoms with E-state index in [9.17, 15) is 14.4 Å². The molecule has 0 unspecified atom stereocenters. The van der Waals surface area contributed by atoms with Crippen molar-refractivity contribution < 1.29 is 19.1 Å². The molecule has 1 heterocycles. The van der Waals surface area contributed by atoms with Crippen LogP contribution in [0.15, 0.2) is 114 Å². The number of hydrogen-bond donors (Lipinski definition) is 3. The van der Waals surface area contributed by atoms with E-state index >= 15 is 0 Å². The predicted molar refractivity (Wildman–Crippen MR) is 191 cm³/mol. The van der Waals surface area contributed by atoms with E-state index in [0.717, 1.165) is 21.0 Å². The Hall–Kier alpha value is -5.19. The number of rotatable bonds is 12. The summed E-state index contributed by atoms with van der Waals surface area (Å²) in [6, 6.07) is 31.3. The van der Waals surface area contributed by atoms with E-state index in [1.165, 1.54) is 28.7 Å².